The minimum Gasteiger partial charge on any atom is -0.417 e. The molecule has 0 aliphatic heterocycles. The van der Waals surface area contributed by atoms with Crippen molar-refractivity contribution >= 4 is 32.7 Å². The minimum atomic E-state index is -0.447. The second-order valence-corrected chi connectivity index (χ2v) is 7.59. The molecular formula is C23H21BrN2O3. The third-order valence-electron chi connectivity index (χ3n) is 4.80. The Kier molecular flexibility index (Phi) is 5.81. The molecule has 0 amide bonds. The highest BCUT2D eigenvalue weighted by Crippen LogP contribution is 2.36. The van der Waals surface area contributed by atoms with Gasteiger partial charge in [-0.2, -0.15) is 0 Å². The topological polar surface area (TPSA) is 57.3 Å². The zero-order valence-corrected chi connectivity index (χ0v) is 17.7. The summed E-state index contributed by atoms with van der Waals surface area (Å²) in [5.41, 5.74) is 1.60. The van der Waals surface area contributed by atoms with E-state index in [-0.39, 0.29) is 5.95 Å². The third-order valence-corrected chi connectivity index (χ3v) is 5.39. The van der Waals surface area contributed by atoms with Crippen molar-refractivity contribution in [1.82, 2.24) is 9.55 Å². The van der Waals surface area contributed by atoms with E-state index in [0.29, 0.717) is 10.2 Å². The number of aryl methyl sites for hydroxylation is 1. The van der Waals surface area contributed by atoms with Crippen molar-refractivity contribution in [3.63, 3.8) is 0 Å². The maximum absolute atomic E-state index is 12.4. The van der Waals surface area contributed by atoms with Gasteiger partial charge in [0.15, 0.2) is 4.67 Å². The number of fused-ring (bicyclic) bond motifs is 1. The summed E-state index contributed by atoms with van der Waals surface area (Å²) < 4.78 is 13.9. The van der Waals surface area contributed by atoms with Gasteiger partial charge in [-0.05, 0) is 52.2 Å². The van der Waals surface area contributed by atoms with E-state index in [1.54, 1.807) is 24.3 Å². The fourth-order valence-corrected chi connectivity index (χ4v) is 3.73. The van der Waals surface area contributed by atoms with E-state index in [2.05, 4.69) is 32.4 Å². The molecule has 0 radical (unpaired) electrons. The van der Waals surface area contributed by atoms with Gasteiger partial charge in [0.05, 0.1) is 10.9 Å². The van der Waals surface area contributed by atoms with Crippen LogP contribution in [0.3, 0.4) is 0 Å². The molecule has 6 heteroatoms. The molecular weight excluding hydrogens is 432 g/mol. The van der Waals surface area contributed by atoms with E-state index in [9.17, 15) is 4.79 Å². The van der Waals surface area contributed by atoms with Crippen LogP contribution < -0.4 is 4.74 Å². The number of imidazole rings is 1. The maximum Gasteiger partial charge on any atom is 0.345 e. The van der Waals surface area contributed by atoms with Crippen molar-refractivity contribution < 1.29 is 13.9 Å². The Morgan fingerprint density at radius 1 is 1.17 bits per heavy atom. The molecule has 2 aromatic carbocycles. The summed E-state index contributed by atoms with van der Waals surface area (Å²) >= 11 is 3.45. The fraction of sp³-hybridized carbons (Fsp3) is 0.217. The lowest BCUT2D eigenvalue weighted by Crippen LogP contribution is -2.07. The Balaban J connectivity index is 1.57. The number of carbonyl (C=O) groups is 1. The summed E-state index contributed by atoms with van der Waals surface area (Å²) in [6.45, 7) is 2.91. The van der Waals surface area contributed by atoms with Crippen molar-refractivity contribution in [2.75, 3.05) is 0 Å². The van der Waals surface area contributed by atoms with Crippen LogP contribution in [-0.2, 0) is 13.0 Å². The second-order valence-electron chi connectivity index (χ2n) is 6.87. The number of unbranched alkanes of at least 4 members (excludes halogenated alkanes) is 1. The van der Waals surface area contributed by atoms with E-state index in [0.717, 1.165) is 48.0 Å². The number of carbonyl (C=O) groups excluding carboxylic acids is 1. The van der Waals surface area contributed by atoms with E-state index in [1.807, 2.05) is 36.7 Å². The molecule has 0 saturated carbocycles. The van der Waals surface area contributed by atoms with Gasteiger partial charge in [0.1, 0.15) is 5.82 Å². The van der Waals surface area contributed by atoms with E-state index in [4.69, 9.17) is 9.15 Å². The van der Waals surface area contributed by atoms with E-state index in [1.165, 1.54) is 0 Å². The molecule has 4 rings (SSSR count). The van der Waals surface area contributed by atoms with Gasteiger partial charge < -0.3 is 13.7 Å². The Morgan fingerprint density at radius 3 is 2.79 bits per heavy atom. The molecule has 148 valence electrons. The van der Waals surface area contributed by atoms with E-state index < -0.39 is 5.97 Å². The monoisotopic (exact) mass is 452 g/mol. The van der Waals surface area contributed by atoms with Crippen molar-refractivity contribution in [3.8, 4) is 5.95 Å². The van der Waals surface area contributed by atoms with E-state index >= 15 is 0 Å². The molecule has 0 saturated heterocycles. The van der Waals surface area contributed by atoms with Crippen LogP contribution in [0.2, 0.25) is 0 Å². The molecule has 0 fully saturated rings. The van der Waals surface area contributed by atoms with Crippen LogP contribution in [0.15, 0.2) is 70.0 Å². The minimum absolute atomic E-state index is 0.193. The molecule has 0 N–H and O–H groups in total. The molecule has 2 heterocycles. The number of rotatable bonds is 7. The van der Waals surface area contributed by atoms with Gasteiger partial charge in [-0.15, -0.1) is 0 Å². The van der Waals surface area contributed by atoms with Gasteiger partial charge in [-0.25, -0.2) is 9.78 Å². The maximum atomic E-state index is 12.4. The number of esters is 1. The number of hydrogen-bond acceptors (Lipinski definition) is 4. The summed E-state index contributed by atoms with van der Waals surface area (Å²) in [6, 6.07) is 14.9. The molecule has 29 heavy (non-hydrogen) atoms. The Morgan fingerprint density at radius 2 is 2.00 bits per heavy atom. The molecule has 2 aromatic heterocycles. The quantitative estimate of drug-likeness (QED) is 0.322. The summed E-state index contributed by atoms with van der Waals surface area (Å²) in [6.07, 6.45) is 7.09. The third kappa shape index (κ3) is 4.27. The lowest BCUT2D eigenvalue weighted by molar-refractivity contribution is 0.0695. The van der Waals surface area contributed by atoms with Gasteiger partial charge in [-0.1, -0.05) is 37.6 Å². The summed E-state index contributed by atoms with van der Waals surface area (Å²) in [7, 11) is 0. The first-order chi connectivity index (χ1) is 14.2. The second kappa shape index (κ2) is 8.66. The lowest BCUT2D eigenvalue weighted by Gasteiger charge is -2.08. The first-order valence-corrected chi connectivity index (χ1v) is 10.4. The molecule has 0 aliphatic carbocycles. The molecule has 4 aromatic rings. The number of ether oxygens (including phenoxy) is 1. The SMILES string of the molecule is CCCCc1nccn1Cc1ccc2c(OC(=O)c3ccccc3)oc(Br)c2c1. The van der Waals surface area contributed by atoms with Crippen LogP contribution in [0.5, 0.6) is 5.95 Å². The number of furan rings is 1. The van der Waals surface area contributed by atoms with Gasteiger partial charge in [0, 0.05) is 30.7 Å². The average Bonchev–Trinajstić information content (AvgIpc) is 3.31. The smallest absolute Gasteiger partial charge is 0.345 e. The summed E-state index contributed by atoms with van der Waals surface area (Å²) in [4.78, 5) is 16.8. The zero-order chi connectivity index (χ0) is 20.2. The first kappa shape index (κ1) is 19.5. The Labute approximate surface area is 177 Å². The van der Waals surface area contributed by atoms with Gasteiger partial charge in [0.25, 0.3) is 0 Å². The molecule has 0 bridgehead atoms. The van der Waals surface area contributed by atoms with Gasteiger partial charge in [0.2, 0.25) is 0 Å². The Bertz CT molecular complexity index is 1130. The largest absolute Gasteiger partial charge is 0.417 e. The molecule has 0 spiro atoms. The number of hydrogen-bond donors (Lipinski definition) is 0. The fourth-order valence-electron chi connectivity index (χ4n) is 3.26. The van der Waals surface area contributed by atoms with Crippen LogP contribution in [0.4, 0.5) is 0 Å². The molecule has 5 nitrogen and oxygen atoms in total. The summed E-state index contributed by atoms with van der Waals surface area (Å²) in [5, 5.41) is 1.62. The summed E-state index contributed by atoms with van der Waals surface area (Å²) in [5.74, 6) is 0.839. The molecule has 0 unspecified atom stereocenters. The predicted octanol–water partition coefficient (Wildman–Crippen LogP) is 6.00. The number of halogens is 1. The number of benzene rings is 2. The first-order valence-electron chi connectivity index (χ1n) is 9.64. The lowest BCUT2D eigenvalue weighted by atomic mass is 10.1. The van der Waals surface area contributed by atoms with Crippen molar-refractivity contribution in [1.29, 1.82) is 0 Å². The van der Waals surface area contributed by atoms with Crippen LogP contribution in [0.25, 0.3) is 10.8 Å². The highest BCUT2D eigenvalue weighted by atomic mass is 79.9. The van der Waals surface area contributed by atoms with Crippen LogP contribution in [0, 0.1) is 0 Å². The normalized spacial score (nSPS) is 11.1. The van der Waals surface area contributed by atoms with Crippen LogP contribution in [0.1, 0.15) is 41.5 Å². The van der Waals surface area contributed by atoms with Crippen LogP contribution in [-0.4, -0.2) is 15.5 Å². The molecule has 0 atom stereocenters. The molecule has 0 aliphatic rings. The standard InChI is InChI=1S/C23H21BrN2O3/c1-2-3-9-20-25-12-13-26(20)15-16-10-11-18-19(14-16)21(24)28-23(18)29-22(27)17-7-5-4-6-8-17/h4-8,10-14H,2-3,9,15H2,1H3. The average molecular weight is 453 g/mol. The predicted molar refractivity (Wildman–Crippen MR) is 115 cm³/mol. The van der Waals surface area contributed by atoms with Crippen molar-refractivity contribution in [2.45, 2.75) is 32.7 Å². The van der Waals surface area contributed by atoms with Crippen molar-refractivity contribution in [3.05, 3.63) is 82.5 Å². The van der Waals surface area contributed by atoms with Gasteiger partial charge >= 0.3 is 11.9 Å². The highest BCUT2D eigenvalue weighted by molar-refractivity contribution is 9.10. The van der Waals surface area contributed by atoms with Crippen molar-refractivity contribution in [2.24, 2.45) is 0 Å². The number of aromatic nitrogens is 2. The zero-order valence-electron chi connectivity index (χ0n) is 16.1. The van der Waals surface area contributed by atoms with Crippen LogP contribution >= 0.6 is 15.9 Å². The van der Waals surface area contributed by atoms with Gasteiger partial charge in [-0.3, -0.25) is 0 Å². The highest BCUT2D eigenvalue weighted by Gasteiger charge is 2.18. The number of nitrogens with zero attached hydrogens (tertiary/aromatic N) is 2. The Hall–Kier alpha value is -2.86.